The summed E-state index contributed by atoms with van der Waals surface area (Å²) >= 11 is 1.61. The maximum atomic E-state index is 13.1. The van der Waals surface area contributed by atoms with E-state index in [9.17, 15) is 14.4 Å². The van der Waals surface area contributed by atoms with Gasteiger partial charge in [-0.15, -0.1) is 11.3 Å². The molecule has 1 aliphatic heterocycles. The highest BCUT2D eigenvalue weighted by atomic mass is 32.1. The summed E-state index contributed by atoms with van der Waals surface area (Å²) in [4.78, 5) is 46.0. The van der Waals surface area contributed by atoms with Gasteiger partial charge in [0, 0.05) is 29.2 Å². The Morgan fingerprint density at radius 2 is 1.97 bits per heavy atom. The molecule has 2 aromatic heterocycles. The summed E-state index contributed by atoms with van der Waals surface area (Å²) in [6.07, 6.45) is 8.21. The lowest BCUT2D eigenvalue weighted by Gasteiger charge is -2.17. The van der Waals surface area contributed by atoms with E-state index in [1.165, 1.54) is 22.2 Å². The summed E-state index contributed by atoms with van der Waals surface area (Å²) in [6, 6.07) is 7.26. The molecule has 3 aromatic rings. The molecule has 0 radical (unpaired) electrons. The van der Waals surface area contributed by atoms with Gasteiger partial charge in [0.05, 0.1) is 11.7 Å². The number of thiophene rings is 1. The lowest BCUT2D eigenvalue weighted by atomic mass is 10.1. The van der Waals surface area contributed by atoms with Gasteiger partial charge < -0.3 is 10.2 Å². The molecule has 1 fully saturated rings. The van der Waals surface area contributed by atoms with E-state index in [1.54, 1.807) is 28.4 Å². The summed E-state index contributed by atoms with van der Waals surface area (Å²) in [6.45, 7) is 0.599. The Balaban J connectivity index is 1.36. The minimum absolute atomic E-state index is 0.0980. The van der Waals surface area contributed by atoms with Crippen LogP contribution >= 0.6 is 11.3 Å². The SMILES string of the molecule is O=C(Cn1cnc2sc3c(c2c1=O)CCCCC3)Nc1cccc(N2CCCC2=O)c1. The third-order valence-electron chi connectivity index (χ3n) is 6.02. The molecule has 8 heteroatoms. The molecule has 1 aromatic carbocycles. The summed E-state index contributed by atoms with van der Waals surface area (Å²) < 4.78 is 1.39. The van der Waals surface area contributed by atoms with Crippen molar-refractivity contribution in [1.82, 2.24) is 9.55 Å². The van der Waals surface area contributed by atoms with E-state index in [2.05, 4.69) is 10.3 Å². The third kappa shape index (κ3) is 3.87. The second-order valence-electron chi connectivity index (χ2n) is 8.17. The Kier molecular flexibility index (Phi) is 5.31. The van der Waals surface area contributed by atoms with Crippen molar-refractivity contribution in [2.24, 2.45) is 0 Å². The number of aromatic nitrogens is 2. The monoisotopic (exact) mass is 436 g/mol. The fourth-order valence-electron chi connectivity index (χ4n) is 4.50. The van der Waals surface area contributed by atoms with Crippen LogP contribution in [0.5, 0.6) is 0 Å². The average molecular weight is 437 g/mol. The second-order valence-corrected chi connectivity index (χ2v) is 9.25. The third-order valence-corrected chi connectivity index (χ3v) is 7.22. The lowest BCUT2D eigenvalue weighted by Crippen LogP contribution is -2.28. The van der Waals surface area contributed by atoms with Crippen molar-refractivity contribution < 1.29 is 9.59 Å². The molecule has 31 heavy (non-hydrogen) atoms. The van der Waals surface area contributed by atoms with Crippen molar-refractivity contribution in [3.63, 3.8) is 0 Å². The Morgan fingerprint density at radius 3 is 2.81 bits per heavy atom. The summed E-state index contributed by atoms with van der Waals surface area (Å²) in [5.41, 5.74) is 2.37. The number of rotatable bonds is 4. The first-order valence-electron chi connectivity index (χ1n) is 10.8. The van der Waals surface area contributed by atoms with E-state index >= 15 is 0 Å². The number of hydrogen-bond acceptors (Lipinski definition) is 5. The number of hydrogen-bond donors (Lipinski definition) is 1. The normalized spacial score (nSPS) is 16.4. The number of anilines is 2. The maximum Gasteiger partial charge on any atom is 0.262 e. The molecular formula is C23H24N4O3S. The van der Waals surface area contributed by atoms with Crippen molar-refractivity contribution in [3.8, 4) is 0 Å². The summed E-state index contributed by atoms with van der Waals surface area (Å²) in [5.74, 6) is -0.196. The van der Waals surface area contributed by atoms with Gasteiger partial charge in [-0.25, -0.2) is 4.98 Å². The number of carbonyl (C=O) groups excluding carboxylic acids is 2. The molecule has 0 spiro atoms. The lowest BCUT2D eigenvalue weighted by molar-refractivity contribution is -0.117. The van der Waals surface area contributed by atoms with Crippen molar-refractivity contribution in [2.75, 3.05) is 16.8 Å². The van der Waals surface area contributed by atoms with Crippen LogP contribution in [0.1, 0.15) is 42.5 Å². The Morgan fingerprint density at radius 1 is 1.10 bits per heavy atom. The maximum absolute atomic E-state index is 13.1. The predicted octanol–water partition coefficient (Wildman–Crippen LogP) is 3.49. The van der Waals surface area contributed by atoms with Gasteiger partial charge in [0.25, 0.3) is 5.56 Å². The van der Waals surface area contributed by atoms with Gasteiger partial charge in [0.2, 0.25) is 11.8 Å². The van der Waals surface area contributed by atoms with Crippen molar-refractivity contribution in [2.45, 2.75) is 51.5 Å². The van der Waals surface area contributed by atoms with Crippen LogP contribution in [0, 0.1) is 0 Å². The zero-order chi connectivity index (χ0) is 21.4. The highest BCUT2D eigenvalue weighted by molar-refractivity contribution is 7.18. The van der Waals surface area contributed by atoms with Gasteiger partial charge in [-0.1, -0.05) is 12.5 Å². The molecule has 0 bridgehead atoms. The standard InChI is InChI=1S/C23H24N4O3S/c28-19(25-15-6-4-7-16(12-15)27-11-5-10-20(27)29)13-26-14-24-22-21(23(26)30)17-8-2-1-3-9-18(17)31-22/h4,6-7,12,14H,1-3,5,8-11,13H2,(H,25,28). The van der Waals surface area contributed by atoms with E-state index in [-0.39, 0.29) is 23.9 Å². The number of fused-ring (bicyclic) bond motifs is 3. The molecule has 0 unspecified atom stereocenters. The quantitative estimate of drug-likeness (QED) is 0.635. The van der Waals surface area contributed by atoms with Crippen molar-refractivity contribution in [1.29, 1.82) is 0 Å². The minimum Gasteiger partial charge on any atom is -0.324 e. The zero-order valence-electron chi connectivity index (χ0n) is 17.2. The van der Waals surface area contributed by atoms with Gasteiger partial charge in [0.1, 0.15) is 11.4 Å². The number of carbonyl (C=O) groups is 2. The molecule has 1 aliphatic carbocycles. The minimum atomic E-state index is -0.297. The van der Waals surface area contributed by atoms with Crippen LogP contribution < -0.4 is 15.8 Å². The molecule has 5 rings (SSSR count). The number of nitrogens with zero attached hydrogens (tertiary/aromatic N) is 3. The topological polar surface area (TPSA) is 84.3 Å². The van der Waals surface area contributed by atoms with Crippen LogP contribution in [0.2, 0.25) is 0 Å². The number of benzene rings is 1. The van der Waals surface area contributed by atoms with Gasteiger partial charge in [-0.05, 0) is 55.9 Å². The average Bonchev–Trinajstić information content (AvgIpc) is 3.26. The first-order chi connectivity index (χ1) is 15.1. The molecule has 0 saturated carbocycles. The second kappa shape index (κ2) is 8.26. The highest BCUT2D eigenvalue weighted by Gasteiger charge is 2.22. The molecule has 1 saturated heterocycles. The van der Waals surface area contributed by atoms with Crippen LogP contribution in [0.3, 0.4) is 0 Å². The van der Waals surface area contributed by atoms with Gasteiger partial charge in [0.15, 0.2) is 0 Å². The molecule has 2 amide bonds. The van der Waals surface area contributed by atoms with Gasteiger partial charge in [-0.3, -0.25) is 19.0 Å². The Hall–Kier alpha value is -3.00. The Labute approximate surface area is 183 Å². The molecule has 1 N–H and O–H groups in total. The molecule has 2 aliphatic rings. The zero-order valence-corrected chi connectivity index (χ0v) is 18.0. The largest absolute Gasteiger partial charge is 0.324 e. The van der Waals surface area contributed by atoms with Crippen LogP contribution in [0.25, 0.3) is 10.2 Å². The summed E-state index contributed by atoms with van der Waals surface area (Å²) in [5, 5.41) is 3.54. The van der Waals surface area contributed by atoms with Crippen LogP contribution in [0.4, 0.5) is 11.4 Å². The van der Waals surface area contributed by atoms with Crippen molar-refractivity contribution >= 4 is 44.7 Å². The number of nitrogens with one attached hydrogen (secondary N) is 1. The van der Waals surface area contributed by atoms with E-state index < -0.39 is 0 Å². The number of aryl methyl sites for hydroxylation is 2. The first kappa shape index (κ1) is 19.9. The van der Waals surface area contributed by atoms with Crippen LogP contribution in [-0.4, -0.2) is 27.9 Å². The molecular weight excluding hydrogens is 412 g/mol. The summed E-state index contributed by atoms with van der Waals surface area (Å²) in [7, 11) is 0. The Bertz CT molecular complexity index is 1230. The molecule has 3 heterocycles. The first-order valence-corrected chi connectivity index (χ1v) is 11.6. The van der Waals surface area contributed by atoms with Crippen LogP contribution in [0.15, 0.2) is 35.4 Å². The van der Waals surface area contributed by atoms with E-state index in [4.69, 9.17) is 0 Å². The molecule has 7 nitrogen and oxygen atoms in total. The van der Waals surface area contributed by atoms with E-state index in [0.717, 1.165) is 48.2 Å². The highest BCUT2D eigenvalue weighted by Crippen LogP contribution is 2.32. The number of amides is 2. The smallest absolute Gasteiger partial charge is 0.262 e. The fraction of sp³-hybridized carbons (Fsp3) is 0.391. The predicted molar refractivity (Wildman–Crippen MR) is 122 cm³/mol. The molecule has 160 valence electrons. The van der Waals surface area contributed by atoms with E-state index in [0.29, 0.717) is 24.0 Å². The van der Waals surface area contributed by atoms with Crippen LogP contribution in [-0.2, 0) is 29.0 Å². The van der Waals surface area contributed by atoms with Gasteiger partial charge >= 0.3 is 0 Å². The van der Waals surface area contributed by atoms with Crippen molar-refractivity contribution in [3.05, 3.63) is 51.4 Å². The molecule has 0 atom stereocenters. The van der Waals surface area contributed by atoms with Gasteiger partial charge in [-0.2, -0.15) is 0 Å². The van der Waals surface area contributed by atoms with E-state index in [1.807, 2.05) is 12.1 Å². The fourth-order valence-corrected chi connectivity index (χ4v) is 5.72.